The number of furan rings is 1. The van der Waals surface area contributed by atoms with Crippen molar-refractivity contribution >= 4 is 28.5 Å². The highest BCUT2D eigenvalue weighted by Crippen LogP contribution is 2.40. The molecule has 0 N–H and O–H groups in total. The van der Waals surface area contributed by atoms with Gasteiger partial charge in [-0.2, -0.15) is 0 Å². The lowest BCUT2D eigenvalue weighted by molar-refractivity contribution is 0.0432. The van der Waals surface area contributed by atoms with Crippen molar-refractivity contribution in [2.24, 2.45) is 0 Å². The van der Waals surface area contributed by atoms with Gasteiger partial charge in [-0.05, 0) is 23.8 Å². The van der Waals surface area contributed by atoms with E-state index in [0.29, 0.717) is 33.2 Å². The number of rotatable bonds is 5. The number of methoxy groups -OCH3 is 1. The zero-order chi connectivity index (χ0) is 18.1. The standard InChI is InChI=1S/C19H15ClO6/c1-22-9-13-12-4-2-3-5-15(12)26-17(13)19(21)23-8-11-6-14(20)18-16(7-11)24-10-25-18/h2-7H,8-10H2,1H3. The molecule has 1 aliphatic heterocycles. The van der Waals surface area contributed by atoms with Crippen LogP contribution in [-0.4, -0.2) is 19.9 Å². The molecule has 0 radical (unpaired) electrons. The van der Waals surface area contributed by atoms with Crippen molar-refractivity contribution in [2.75, 3.05) is 13.9 Å². The average Bonchev–Trinajstić information content (AvgIpc) is 3.25. The van der Waals surface area contributed by atoms with E-state index in [2.05, 4.69) is 0 Å². The van der Waals surface area contributed by atoms with E-state index in [-0.39, 0.29) is 25.8 Å². The van der Waals surface area contributed by atoms with Crippen LogP contribution in [0.5, 0.6) is 11.5 Å². The number of benzene rings is 2. The lowest BCUT2D eigenvalue weighted by Crippen LogP contribution is -2.07. The SMILES string of the molecule is COCc1c(C(=O)OCc2cc(Cl)c3c(c2)OCO3)oc2ccccc12. The number of para-hydroxylation sites is 1. The third-order valence-corrected chi connectivity index (χ3v) is 4.31. The van der Waals surface area contributed by atoms with Crippen molar-refractivity contribution in [1.82, 2.24) is 0 Å². The first-order chi connectivity index (χ1) is 12.7. The number of fused-ring (bicyclic) bond motifs is 2. The predicted molar refractivity (Wildman–Crippen MR) is 93.6 cm³/mol. The van der Waals surface area contributed by atoms with Crippen molar-refractivity contribution in [3.05, 3.63) is 58.3 Å². The lowest BCUT2D eigenvalue weighted by Gasteiger charge is -2.07. The van der Waals surface area contributed by atoms with Crippen LogP contribution in [-0.2, 0) is 22.7 Å². The third-order valence-electron chi connectivity index (χ3n) is 4.03. The minimum atomic E-state index is -0.568. The van der Waals surface area contributed by atoms with E-state index in [4.69, 9.17) is 35.0 Å². The third kappa shape index (κ3) is 2.98. The molecule has 0 bridgehead atoms. The van der Waals surface area contributed by atoms with E-state index in [1.54, 1.807) is 25.3 Å². The van der Waals surface area contributed by atoms with Gasteiger partial charge in [-0.15, -0.1) is 0 Å². The molecule has 2 heterocycles. The van der Waals surface area contributed by atoms with Crippen LogP contribution in [0.4, 0.5) is 0 Å². The maximum atomic E-state index is 12.5. The Hall–Kier alpha value is -2.70. The Morgan fingerprint density at radius 3 is 2.88 bits per heavy atom. The average molecular weight is 375 g/mol. The number of ether oxygens (including phenoxy) is 4. The Kier molecular flexibility index (Phi) is 4.44. The second-order valence-electron chi connectivity index (χ2n) is 5.73. The van der Waals surface area contributed by atoms with Gasteiger partial charge in [0.2, 0.25) is 12.6 Å². The largest absolute Gasteiger partial charge is 0.455 e. The molecule has 3 aromatic rings. The van der Waals surface area contributed by atoms with Gasteiger partial charge in [0.1, 0.15) is 12.2 Å². The molecule has 0 atom stereocenters. The van der Waals surface area contributed by atoms with Crippen molar-refractivity contribution < 1.29 is 28.2 Å². The van der Waals surface area contributed by atoms with Gasteiger partial charge in [0, 0.05) is 18.1 Å². The van der Waals surface area contributed by atoms with E-state index >= 15 is 0 Å². The number of hydrogen-bond donors (Lipinski definition) is 0. The smallest absolute Gasteiger partial charge is 0.374 e. The Labute approximate surface area is 154 Å². The molecular weight excluding hydrogens is 360 g/mol. The predicted octanol–water partition coefficient (Wildman–Crippen LogP) is 4.32. The van der Waals surface area contributed by atoms with Crippen LogP contribution in [0.15, 0.2) is 40.8 Å². The maximum Gasteiger partial charge on any atom is 0.374 e. The van der Waals surface area contributed by atoms with Gasteiger partial charge < -0.3 is 23.4 Å². The van der Waals surface area contributed by atoms with Crippen molar-refractivity contribution in [3.8, 4) is 11.5 Å². The molecule has 0 spiro atoms. The van der Waals surface area contributed by atoms with Crippen LogP contribution >= 0.6 is 11.6 Å². The van der Waals surface area contributed by atoms with Crippen molar-refractivity contribution in [1.29, 1.82) is 0 Å². The summed E-state index contributed by atoms with van der Waals surface area (Å²) < 4.78 is 26.9. The summed E-state index contributed by atoms with van der Waals surface area (Å²) in [5.74, 6) is 0.607. The minimum Gasteiger partial charge on any atom is -0.455 e. The van der Waals surface area contributed by atoms with Gasteiger partial charge in [-0.25, -0.2) is 4.79 Å². The second-order valence-corrected chi connectivity index (χ2v) is 6.13. The fourth-order valence-corrected chi connectivity index (χ4v) is 3.16. The molecule has 0 saturated carbocycles. The summed E-state index contributed by atoms with van der Waals surface area (Å²) in [6, 6.07) is 10.8. The van der Waals surface area contributed by atoms with E-state index in [1.165, 1.54) is 0 Å². The van der Waals surface area contributed by atoms with Crippen LogP contribution in [0.3, 0.4) is 0 Å². The summed E-state index contributed by atoms with van der Waals surface area (Å²) >= 11 is 6.15. The van der Waals surface area contributed by atoms with Gasteiger partial charge in [-0.1, -0.05) is 29.8 Å². The molecular formula is C19H15ClO6. The molecule has 0 saturated heterocycles. The van der Waals surface area contributed by atoms with Crippen molar-refractivity contribution in [3.63, 3.8) is 0 Å². The zero-order valence-electron chi connectivity index (χ0n) is 13.9. The number of carbonyl (C=O) groups excluding carboxylic acids is 1. The van der Waals surface area contributed by atoms with E-state index in [9.17, 15) is 4.79 Å². The quantitative estimate of drug-likeness (QED) is 0.620. The maximum absolute atomic E-state index is 12.5. The lowest BCUT2D eigenvalue weighted by atomic mass is 10.1. The molecule has 26 heavy (non-hydrogen) atoms. The molecule has 0 unspecified atom stereocenters. The molecule has 1 aromatic heterocycles. The zero-order valence-corrected chi connectivity index (χ0v) is 14.7. The van der Waals surface area contributed by atoms with E-state index in [0.717, 1.165) is 5.39 Å². The van der Waals surface area contributed by atoms with Gasteiger partial charge in [0.05, 0.1) is 11.6 Å². The minimum absolute atomic E-state index is 0.0264. The van der Waals surface area contributed by atoms with E-state index in [1.807, 2.05) is 18.2 Å². The number of esters is 1. The van der Waals surface area contributed by atoms with Crippen LogP contribution in [0, 0.1) is 0 Å². The molecule has 0 aliphatic carbocycles. The first-order valence-electron chi connectivity index (χ1n) is 7.92. The molecule has 7 heteroatoms. The highest BCUT2D eigenvalue weighted by Gasteiger charge is 2.23. The van der Waals surface area contributed by atoms with Gasteiger partial charge in [-0.3, -0.25) is 0 Å². The monoisotopic (exact) mass is 374 g/mol. The topological polar surface area (TPSA) is 67.1 Å². The molecule has 134 valence electrons. The number of halogens is 1. The molecule has 2 aromatic carbocycles. The number of carbonyl (C=O) groups is 1. The Morgan fingerprint density at radius 1 is 1.19 bits per heavy atom. The summed E-state index contributed by atoms with van der Waals surface area (Å²) in [7, 11) is 1.56. The first kappa shape index (κ1) is 16.8. The van der Waals surface area contributed by atoms with Gasteiger partial charge in [0.15, 0.2) is 11.5 Å². The highest BCUT2D eigenvalue weighted by atomic mass is 35.5. The van der Waals surface area contributed by atoms with Crippen LogP contribution < -0.4 is 9.47 Å². The fourth-order valence-electron chi connectivity index (χ4n) is 2.87. The summed E-state index contributed by atoms with van der Waals surface area (Å²) in [6.07, 6.45) is 0. The second kappa shape index (κ2) is 6.90. The van der Waals surface area contributed by atoms with Crippen LogP contribution in [0.1, 0.15) is 21.7 Å². The summed E-state index contributed by atoms with van der Waals surface area (Å²) in [6.45, 7) is 0.396. The van der Waals surface area contributed by atoms with Gasteiger partial charge in [0.25, 0.3) is 0 Å². The molecule has 1 aliphatic rings. The normalized spacial score (nSPS) is 12.5. The Morgan fingerprint density at radius 2 is 2.04 bits per heavy atom. The summed E-state index contributed by atoms with van der Waals surface area (Å²) in [4.78, 5) is 12.5. The molecule has 4 rings (SSSR count). The Bertz CT molecular complexity index is 978. The van der Waals surface area contributed by atoms with Crippen LogP contribution in [0.2, 0.25) is 5.02 Å². The fraction of sp³-hybridized carbons (Fsp3) is 0.211. The van der Waals surface area contributed by atoms with E-state index < -0.39 is 5.97 Å². The molecule has 0 amide bonds. The van der Waals surface area contributed by atoms with Gasteiger partial charge >= 0.3 is 5.97 Å². The summed E-state index contributed by atoms with van der Waals surface area (Å²) in [5.41, 5.74) is 1.96. The van der Waals surface area contributed by atoms with Crippen molar-refractivity contribution in [2.45, 2.75) is 13.2 Å². The number of hydrogen-bond acceptors (Lipinski definition) is 6. The first-order valence-corrected chi connectivity index (χ1v) is 8.29. The molecule has 6 nitrogen and oxygen atoms in total. The summed E-state index contributed by atoms with van der Waals surface area (Å²) in [5, 5.41) is 1.24. The Balaban J connectivity index is 1.56. The molecule has 0 fully saturated rings. The van der Waals surface area contributed by atoms with Crippen LogP contribution in [0.25, 0.3) is 11.0 Å². The highest BCUT2D eigenvalue weighted by molar-refractivity contribution is 6.32.